The Morgan fingerprint density at radius 1 is 1.43 bits per heavy atom. The Morgan fingerprint density at radius 2 is 2.24 bits per heavy atom. The molecular formula is C14H15ClN4O2. The fourth-order valence-electron chi connectivity index (χ4n) is 2.29. The predicted molar refractivity (Wildman–Crippen MR) is 79.8 cm³/mol. The summed E-state index contributed by atoms with van der Waals surface area (Å²) in [4.78, 5) is 13.6. The number of aromatic nitrogens is 2. The van der Waals surface area contributed by atoms with E-state index < -0.39 is 6.10 Å². The third-order valence-electron chi connectivity index (χ3n) is 3.38. The van der Waals surface area contributed by atoms with Crippen LogP contribution in [0.15, 0.2) is 36.7 Å². The molecule has 0 aliphatic carbocycles. The van der Waals surface area contributed by atoms with E-state index in [2.05, 4.69) is 10.4 Å². The van der Waals surface area contributed by atoms with Gasteiger partial charge in [0.05, 0.1) is 34.9 Å². The topological polar surface area (TPSA) is 70.4 Å². The number of anilines is 1. The van der Waals surface area contributed by atoms with Crippen molar-refractivity contribution >= 4 is 23.3 Å². The summed E-state index contributed by atoms with van der Waals surface area (Å²) in [6.07, 6.45) is 3.45. The number of nitrogens with zero attached hydrogens (tertiary/aromatic N) is 3. The number of amides is 2. The van der Waals surface area contributed by atoms with E-state index in [0.717, 1.165) is 5.69 Å². The average Bonchev–Trinajstić information content (AvgIpc) is 3.08. The Bertz CT molecular complexity index is 658. The zero-order chi connectivity index (χ0) is 14.8. The third-order valence-corrected chi connectivity index (χ3v) is 3.70. The van der Waals surface area contributed by atoms with E-state index in [1.54, 1.807) is 28.0 Å². The van der Waals surface area contributed by atoms with Crippen LogP contribution in [0.2, 0.25) is 5.02 Å². The van der Waals surface area contributed by atoms with Crippen LogP contribution in [0.4, 0.5) is 10.5 Å². The number of carbonyl (C=O) groups is 1. The monoisotopic (exact) mass is 306 g/mol. The highest BCUT2D eigenvalue weighted by atomic mass is 35.5. The molecule has 0 bridgehead atoms. The molecule has 110 valence electrons. The van der Waals surface area contributed by atoms with Gasteiger partial charge in [-0.25, -0.2) is 9.48 Å². The lowest BCUT2D eigenvalue weighted by molar-refractivity contribution is 0.176. The summed E-state index contributed by atoms with van der Waals surface area (Å²) < 4.78 is 1.61. The van der Waals surface area contributed by atoms with Gasteiger partial charge < -0.3 is 15.3 Å². The van der Waals surface area contributed by atoms with E-state index >= 15 is 0 Å². The lowest BCUT2D eigenvalue weighted by Gasteiger charge is -2.15. The fraction of sp³-hybridized carbons (Fsp3) is 0.286. The lowest BCUT2D eigenvalue weighted by atomic mass is 10.3. The maximum Gasteiger partial charge on any atom is 0.322 e. The van der Waals surface area contributed by atoms with Crippen LogP contribution in [0.25, 0.3) is 5.69 Å². The molecule has 2 N–H and O–H groups in total. The molecule has 0 spiro atoms. The van der Waals surface area contributed by atoms with Crippen molar-refractivity contribution < 1.29 is 9.90 Å². The van der Waals surface area contributed by atoms with Gasteiger partial charge in [0.1, 0.15) is 0 Å². The number of halogens is 1. The predicted octanol–water partition coefficient (Wildman–Crippen LogP) is 2.12. The molecule has 0 radical (unpaired) electrons. The number of aliphatic hydroxyl groups is 1. The minimum absolute atomic E-state index is 0.231. The first kappa shape index (κ1) is 13.9. The Balaban J connectivity index is 1.71. The standard InChI is InChI=1S/C14H15ClN4O2/c15-12-3-1-2-4-13(12)19-8-10(7-16-19)17-14(21)18-6-5-11(20)9-18/h1-4,7-8,11,20H,5-6,9H2,(H,17,21). The maximum atomic E-state index is 12.0. The Labute approximate surface area is 126 Å². The van der Waals surface area contributed by atoms with Crippen molar-refractivity contribution in [1.29, 1.82) is 0 Å². The van der Waals surface area contributed by atoms with Crippen molar-refractivity contribution in [3.63, 3.8) is 0 Å². The quantitative estimate of drug-likeness (QED) is 0.893. The van der Waals surface area contributed by atoms with Gasteiger partial charge in [-0.3, -0.25) is 0 Å². The first-order chi connectivity index (χ1) is 10.1. The van der Waals surface area contributed by atoms with Crippen molar-refractivity contribution in [2.24, 2.45) is 0 Å². The van der Waals surface area contributed by atoms with E-state index in [4.69, 9.17) is 11.6 Å². The number of β-amino-alcohol motifs (C(OH)–C–C–N with tert-alkyl or cyclic N) is 1. The zero-order valence-corrected chi connectivity index (χ0v) is 12.0. The van der Waals surface area contributed by atoms with E-state index in [1.807, 2.05) is 18.2 Å². The maximum absolute atomic E-state index is 12.0. The van der Waals surface area contributed by atoms with Crippen molar-refractivity contribution in [3.8, 4) is 5.69 Å². The molecule has 2 aromatic rings. The molecule has 1 fully saturated rings. The van der Waals surface area contributed by atoms with Crippen molar-refractivity contribution in [1.82, 2.24) is 14.7 Å². The van der Waals surface area contributed by atoms with Crippen LogP contribution in [0, 0.1) is 0 Å². The SMILES string of the molecule is O=C(Nc1cnn(-c2ccccc2Cl)c1)N1CCC(O)C1. The molecule has 1 saturated heterocycles. The van der Waals surface area contributed by atoms with Crippen LogP contribution < -0.4 is 5.32 Å². The summed E-state index contributed by atoms with van der Waals surface area (Å²) in [7, 11) is 0. The molecular weight excluding hydrogens is 292 g/mol. The summed E-state index contributed by atoms with van der Waals surface area (Å²) >= 11 is 6.11. The fourth-order valence-corrected chi connectivity index (χ4v) is 2.51. The second kappa shape index (κ2) is 5.75. The van der Waals surface area contributed by atoms with Crippen molar-refractivity contribution in [2.45, 2.75) is 12.5 Å². The third kappa shape index (κ3) is 3.01. The number of hydrogen-bond acceptors (Lipinski definition) is 3. The Kier molecular flexibility index (Phi) is 3.81. The number of aliphatic hydroxyl groups excluding tert-OH is 1. The van der Waals surface area contributed by atoms with Crippen molar-refractivity contribution in [2.75, 3.05) is 18.4 Å². The Morgan fingerprint density at radius 3 is 2.95 bits per heavy atom. The van der Waals surface area contributed by atoms with E-state index in [-0.39, 0.29) is 6.03 Å². The summed E-state index contributed by atoms with van der Waals surface area (Å²) in [5.74, 6) is 0. The van der Waals surface area contributed by atoms with Crippen LogP contribution >= 0.6 is 11.6 Å². The summed E-state index contributed by atoms with van der Waals surface area (Å²) in [6, 6.07) is 7.11. The van der Waals surface area contributed by atoms with E-state index in [9.17, 15) is 9.90 Å². The van der Waals surface area contributed by atoms with E-state index in [1.165, 1.54) is 0 Å². The van der Waals surface area contributed by atoms with E-state index in [0.29, 0.717) is 30.2 Å². The molecule has 2 amide bonds. The van der Waals surface area contributed by atoms with Crippen LogP contribution in [0.1, 0.15) is 6.42 Å². The first-order valence-electron chi connectivity index (χ1n) is 6.67. The largest absolute Gasteiger partial charge is 0.391 e. The first-order valence-corrected chi connectivity index (χ1v) is 7.05. The molecule has 1 aliphatic heterocycles. The zero-order valence-electron chi connectivity index (χ0n) is 11.2. The van der Waals surface area contributed by atoms with Crippen LogP contribution in [-0.2, 0) is 0 Å². The van der Waals surface area contributed by atoms with Gasteiger partial charge in [0.15, 0.2) is 0 Å². The molecule has 6 nitrogen and oxygen atoms in total. The van der Waals surface area contributed by atoms with Gasteiger partial charge in [0.2, 0.25) is 0 Å². The number of benzene rings is 1. The molecule has 1 unspecified atom stereocenters. The highest BCUT2D eigenvalue weighted by Gasteiger charge is 2.24. The minimum Gasteiger partial charge on any atom is -0.391 e. The molecule has 1 aliphatic rings. The van der Waals surface area contributed by atoms with Crippen LogP contribution in [0.3, 0.4) is 0 Å². The summed E-state index contributed by atoms with van der Waals surface area (Å²) in [5, 5.41) is 17.0. The van der Waals surface area contributed by atoms with Gasteiger partial charge in [0.25, 0.3) is 0 Å². The number of nitrogens with one attached hydrogen (secondary N) is 1. The number of hydrogen-bond donors (Lipinski definition) is 2. The molecule has 7 heteroatoms. The summed E-state index contributed by atoms with van der Waals surface area (Å²) in [6.45, 7) is 0.927. The van der Waals surface area contributed by atoms with Gasteiger partial charge in [-0.05, 0) is 18.6 Å². The molecule has 2 heterocycles. The highest BCUT2D eigenvalue weighted by Crippen LogP contribution is 2.20. The van der Waals surface area contributed by atoms with Gasteiger partial charge in [-0.2, -0.15) is 5.10 Å². The minimum atomic E-state index is -0.429. The molecule has 21 heavy (non-hydrogen) atoms. The number of carbonyl (C=O) groups excluding carboxylic acids is 1. The molecule has 3 rings (SSSR count). The molecule has 1 atom stereocenters. The number of urea groups is 1. The van der Waals surface area contributed by atoms with Gasteiger partial charge >= 0.3 is 6.03 Å². The highest BCUT2D eigenvalue weighted by molar-refractivity contribution is 6.32. The average molecular weight is 307 g/mol. The lowest BCUT2D eigenvalue weighted by Crippen LogP contribution is -2.33. The van der Waals surface area contributed by atoms with Gasteiger partial charge in [-0.15, -0.1) is 0 Å². The van der Waals surface area contributed by atoms with Crippen LogP contribution in [-0.4, -0.2) is 45.0 Å². The van der Waals surface area contributed by atoms with Gasteiger partial charge in [0, 0.05) is 13.1 Å². The molecule has 0 saturated carbocycles. The number of rotatable bonds is 2. The van der Waals surface area contributed by atoms with Crippen molar-refractivity contribution in [3.05, 3.63) is 41.7 Å². The smallest absolute Gasteiger partial charge is 0.322 e. The summed E-state index contributed by atoms with van der Waals surface area (Å²) in [5.41, 5.74) is 1.33. The normalized spacial score (nSPS) is 18.0. The molecule has 1 aromatic carbocycles. The Hall–Kier alpha value is -2.05. The van der Waals surface area contributed by atoms with Crippen LogP contribution in [0.5, 0.6) is 0 Å². The second-order valence-corrected chi connectivity index (χ2v) is 5.35. The second-order valence-electron chi connectivity index (χ2n) is 4.94. The molecule has 1 aromatic heterocycles. The number of para-hydroxylation sites is 1. The number of likely N-dealkylation sites (tertiary alicyclic amines) is 1. The van der Waals surface area contributed by atoms with Gasteiger partial charge in [-0.1, -0.05) is 23.7 Å².